The van der Waals surface area contributed by atoms with E-state index < -0.39 is 5.97 Å². The number of aryl methyl sites for hydroxylation is 1. The van der Waals surface area contributed by atoms with Crippen molar-refractivity contribution in [2.45, 2.75) is 13.3 Å². The fourth-order valence-corrected chi connectivity index (χ4v) is 3.83. The molecule has 0 aliphatic heterocycles. The van der Waals surface area contributed by atoms with Crippen LogP contribution in [0.3, 0.4) is 0 Å². The highest BCUT2D eigenvalue weighted by molar-refractivity contribution is 7.14. The second-order valence-electron chi connectivity index (χ2n) is 4.80. The molecular formula is C16H13NO2S2. The van der Waals surface area contributed by atoms with Crippen LogP contribution in [0, 0.1) is 6.92 Å². The minimum atomic E-state index is -0.896. The molecule has 5 heteroatoms. The largest absolute Gasteiger partial charge is 0.478 e. The maximum atomic E-state index is 10.9. The normalized spacial score (nSPS) is 10.7. The summed E-state index contributed by atoms with van der Waals surface area (Å²) in [7, 11) is 0. The van der Waals surface area contributed by atoms with Gasteiger partial charge in [-0.1, -0.05) is 29.8 Å². The van der Waals surface area contributed by atoms with E-state index in [0.29, 0.717) is 5.56 Å². The van der Waals surface area contributed by atoms with Crippen molar-refractivity contribution in [2.75, 3.05) is 0 Å². The summed E-state index contributed by atoms with van der Waals surface area (Å²) in [5.41, 5.74) is 3.67. The highest BCUT2D eigenvalue weighted by Gasteiger charge is 2.11. The van der Waals surface area contributed by atoms with Crippen molar-refractivity contribution in [1.82, 2.24) is 4.98 Å². The van der Waals surface area contributed by atoms with Crippen LogP contribution in [-0.4, -0.2) is 16.1 Å². The Labute approximate surface area is 130 Å². The third-order valence-electron chi connectivity index (χ3n) is 3.09. The summed E-state index contributed by atoms with van der Waals surface area (Å²) in [5.74, 6) is -0.896. The van der Waals surface area contributed by atoms with Gasteiger partial charge in [0.15, 0.2) is 0 Å². The molecule has 0 atom stereocenters. The van der Waals surface area contributed by atoms with Crippen molar-refractivity contribution >= 4 is 28.6 Å². The monoisotopic (exact) mass is 315 g/mol. The summed E-state index contributed by atoms with van der Waals surface area (Å²) in [6.45, 7) is 2.08. The van der Waals surface area contributed by atoms with Crippen molar-refractivity contribution in [3.63, 3.8) is 0 Å². The summed E-state index contributed by atoms with van der Waals surface area (Å²) in [6.07, 6.45) is 0.809. The van der Waals surface area contributed by atoms with Crippen molar-refractivity contribution < 1.29 is 9.90 Å². The molecule has 3 nitrogen and oxygen atoms in total. The Morgan fingerprint density at radius 1 is 1.24 bits per heavy atom. The Balaban J connectivity index is 1.81. The summed E-state index contributed by atoms with van der Waals surface area (Å²) >= 11 is 3.03. The van der Waals surface area contributed by atoms with Gasteiger partial charge in [0, 0.05) is 17.2 Å². The number of carbonyl (C=O) groups is 1. The number of hydrogen-bond acceptors (Lipinski definition) is 4. The summed E-state index contributed by atoms with van der Waals surface area (Å²) < 4.78 is 0. The number of thiazole rings is 1. The predicted octanol–water partition coefficient (Wildman–Crippen LogP) is 4.47. The molecule has 3 rings (SSSR count). The van der Waals surface area contributed by atoms with Crippen LogP contribution in [0.1, 0.15) is 26.5 Å². The predicted molar refractivity (Wildman–Crippen MR) is 86.4 cm³/mol. The molecule has 0 saturated heterocycles. The van der Waals surface area contributed by atoms with Gasteiger partial charge in [-0.2, -0.15) is 0 Å². The quantitative estimate of drug-likeness (QED) is 0.773. The van der Waals surface area contributed by atoms with Crippen LogP contribution < -0.4 is 0 Å². The highest BCUT2D eigenvalue weighted by Crippen LogP contribution is 2.29. The number of benzene rings is 1. The number of carboxylic acids is 1. The molecule has 21 heavy (non-hydrogen) atoms. The fraction of sp³-hybridized carbons (Fsp3) is 0.125. The molecule has 0 bridgehead atoms. The molecule has 2 aromatic heterocycles. The lowest BCUT2D eigenvalue weighted by Gasteiger charge is -1.99. The van der Waals surface area contributed by atoms with Crippen LogP contribution in [0.4, 0.5) is 0 Å². The lowest BCUT2D eigenvalue weighted by atomic mass is 10.1. The van der Waals surface area contributed by atoms with E-state index in [1.807, 2.05) is 5.38 Å². The fourth-order valence-electron chi connectivity index (χ4n) is 2.08. The van der Waals surface area contributed by atoms with E-state index in [4.69, 9.17) is 5.11 Å². The molecule has 1 N–H and O–H groups in total. The van der Waals surface area contributed by atoms with Crippen LogP contribution in [0.2, 0.25) is 0 Å². The Morgan fingerprint density at radius 3 is 2.81 bits per heavy atom. The van der Waals surface area contributed by atoms with E-state index in [2.05, 4.69) is 36.2 Å². The zero-order valence-electron chi connectivity index (χ0n) is 11.4. The molecule has 0 aliphatic carbocycles. The van der Waals surface area contributed by atoms with Crippen molar-refractivity contribution in [3.05, 3.63) is 62.8 Å². The van der Waals surface area contributed by atoms with Gasteiger partial charge in [-0.25, -0.2) is 9.78 Å². The number of thiophene rings is 1. The first kappa shape index (κ1) is 14.0. The van der Waals surface area contributed by atoms with Gasteiger partial charge >= 0.3 is 5.97 Å². The molecule has 0 amide bonds. The molecule has 1 aromatic carbocycles. The third-order valence-corrected chi connectivity index (χ3v) is 4.89. The second-order valence-corrected chi connectivity index (χ2v) is 6.65. The molecule has 3 aromatic rings. The Bertz CT molecular complexity index is 789. The SMILES string of the molecule is Cc1cccc(Cc2nc(-c3cc(C(=O)O)cs3)cs2)c1. The Kier molecular flexibility index (Phi) is 3.86. The first-order valence-electron chi connectivity index (χ1n) is 6.44. The zero-order valence-corrected chi connectivity index (χ0v) is 13.0. The van der Waals surface area contributed by atoms with E-state index in [1.54, 1.807) is 22.8 Å². The van der Waals surface area contributed by atoms with Gasteiger partial charge in [-0.3, -0.25) is 0 Å². The zero-order chi connectivity index (χ0) is 14.8. The lowest BCUT2D eigenvalue weighted by molar-refractivity contribution is 0.0697. The molecule has 0 aliphatic rings. The Hall–Kier alpha value is -1.98. The van der Waals surface area contributed by atoms with Crippen LogP contribution in [0.15, 0.2) is 41.1 Å². The van der Waals surface area contributed by atoms with Gasteiger partial charge in [0.05, 0.1) is 21.1 Å². The third kappa shape index (κ3) is 3.20. The first-order chi connectivity index (χ1) is 10.1. The van der Waals surface area contributed by atoms with Gasteiger partial charge in [-0.15, -0.1) is 22.7 Å². The van der Waals surface area contributed by atoms with Gasteiger partial charge < -0.3 is 5.11 Å². The van der Waals surface area contributed by atoms with E-state index in [0.717, 1.165) is 22.0 Å². The lowest BCUT2D eigenvalue weighted by Crippen LogP contribution is -1.91. The number of nitrogens with zero attached hydrogens (tertiary/aromatic N) is 1. The average molecular weight is 315 g/mol. The summed E-state index contributed by atoms with van der Waals surface area (Å²) in [5, 5.41) is 13.6. The van der Waals surface area contributed by atoms with E-state index in [9.17, 15) is 4.79 Å². The molecule has 0 fully saturated rings. The van der Waals surface area contributed by atoms with Gasteiger partial charge in [0.1, 0.15) is 0 Å². The first-order valence-corrected chi connectivity index (χ1v) is 8.20. The highest BCUT2D eigenvalue weighted by atomic mass is 32.1. The average Bonchev–Trinajstić information content (AvgIpc) is 3.06. The van der Waals surface area contributed by atoms with Crippen LogP contribution in [0.25, 0.3) is 10.6 Å². The van der Waals surface area contributed by atoms with E-state index in [1.165, 1.54) is 22.5 Å². The summed E-state index contributed by atoms with van der Waals surface area (Å²) in [6, 6.07) is 10.1. The van der Waals surface area contributed by atoms with Gasteiger partial charge in [0.25, 0.3) is 0 Å². The smallest absolute Gasteiger partial charge is 0.336 e. The number of aromatic carboxylic acids is 1. The molecule has 2 heterocycles. The van der Waals surface area contributed by atoms with Crippen molar-refractivity contribution in [2.24, 2.45) is 0 Å². The minimum Gasteiger partial charge on any atom is -0.478 e. The van der Waals surface area contributed by atoms with Gasteiger partial charge in [-0.05, 0) is 18.6 Å². The molecule has 0 saturated carbocycles. The standard InChI is InChI=1S/C16H13NO2S2/c1-10-3-2-4-11(5-10)6-15-17-13(9-21-15)14-7-12(8-20-14)16(18)19/h2-5,7-9H,6H2,1H3,(H,18,19). The second kappa shape index (κ2) is 5.79. The number of carboxylic acid groups (broad SMARTS) is 1. The maximum Gasteiger partial charge on any atom is 0.336 e. The van der Waals surface area contributed by atoms with Crippen LogP contribution in [0.5, 0.6) is 0 Å². The molecule has 0 unspecified atom stereocenters. The number of aromatic nitrogens is 1. The minimum absolute atomic E-state index is 0.322. The molecule has 0 radical (unpaired) electrons. The number of rotatable bonds is 4. The molecule has 106 valence electrons. The molecular weight excluding hydrogens is 302 g/mol. The summed E-state index contributed by atoms with van der Waals surface area (Å²) in [4.78, 5) is 16.4. The van der Waals surface area contributed by atoms with Crippen molar-refractivity contribution in [1.29, 1.82) is 0 Å². The van der Waals surface area contributed by atoms with Crippen LogP contribution >= 0.6 is 22.7 Å². The number of hydrogen-bond donors (Lipinski definition) is 1. The Morgan fingerprint density at radius 2 is 2.10 bits per heavy atom. The molecule has 0 spiro atoms. The van der Waals surface area contributed by atoms with E-state index in [-0.39, 0.29) is 0 Å². The van der Waals surface area contributed by atoms with Gasteiger partial charge in [0.2, 0.25) is 0 Å². The maximum absolute atomic E-state index is 10.9. The van der Waals surface area contributed by atoms with Crippen molar-refractivity contribution in [3.8, 4) is 10.6 Å². The van der Waals surface area contributed by atoms with Crippen LogP contribution in [-0.2, 0) is 6.42 Å². The topological polar surface area (TPSA) is 50.2 Å². The van der Waals surface area contributed by atoms with E-state index >= 15 is 0 Å².